The van der Waals surface area contributed by atoms with Crippen molar-refractivity contribution in [3.8, 4) is 5.75 Å². The highest BCUT2D eigenvalue weighted by molar-refractivity contribution is 5.50. The second-order valence-electron chi connectivity index (χ2n) is 2.96. The van der Waals surface area contributed by atoms with Crippen molar-refractivity contribution in [2.75, 3.05) is 7.11 Å². The first kappa shape index (κ1) is 9.85. The highest BCUT2D eigenvalue weighted by Crippen LogP contribution is 2.12. The van der Waals surface area contributed by atoms with E-state index in [9.17, 15) is 0 Å². The normalized spacial score (nSPS) is 10.6. The van der Waals surface area contributed by atoms with Crippen LogP contribution in [0.4, 0.5) is 0 Å². The molecule has 1 aromatic rings. The highest BCUT2D eigenvalue weighted by atomic mass is 16.5. The second-order valence-corrected chi connectivity index (χ2v) is 2.96. The molecule has 0 saturated heterocycles. The first-order chi connectivity index (χ1) is 6.36. The third-order valence-corrected chi connectivity index (χ3v) is 1.88. The summed E-state index contributed by atoms with van der Waals surface area (Å²) < 4.78 is 5.07. The van der Waals surface area contributed by atoms with Crippen LogP contribution in [0, 0.1) is 0 Å². The summed E-state index contributed by atoms with van der Waals surface area (Å²) in [5, 5.41) is 0. The molecular weight excluding hydrogens is 160 g/mol. The number of methoxy groups -OCH3 is 1. The standard InChI is InChI=1S/C12H16O/c1-3-4-5-6-11-7-9-12(13-2)10-8-11/h5-10H,3-4H2,1-2H3. The van der Waals surface area contributed by atoms with E-state index in [0.29, 0.717) is 0 Å². The molecule has 0 heterocycles. The summed E-state index contributed by atoms with van der Waals surface area (Å²) in [5.74, 6) is 0.910. The molecule has 0 spiro atoms. The smallest absolute Gasteiger partial charge is 0.118 e. The van der Waals surface area contributed by atoms with Gasteiger partial charge in [0, 0.05) is 0 Å². The number of hydrogen-bond acceptors (Lipinski definition) is 1. The van der Waals surface area contributed by atoms with Gasteiger partial charge in [-0.2, -0.15) is 0 Å². The van der Waals surface area contributed by atoms with Gasteiger partial charge in [0.25, 0.3) is 0 Å². The van der Waals surface area contributed by atoms with Crippen molar-refractivity contribution in [2.45, 2.75) is 19.8 Å². The van der Waals surface area contributed by atoms with Crippen LogP contribution in [-0.2, 0) is 0 Å². The summed E-state index contributed by atoms with van der Waals surface area (Å²) in [4.78, 5) is 0. The molecule has 0 atom stereocenters. The zero-order chi connectivity index (χ0) is 9.52. The summed E-state index contributed by atoms with van der Waals surface area (Å²) in [6, 6.07) is 8.08. The Morgan fingerprint density at radius 3 is 2.46 bits per heavy atom. The fourth-order valence-corrected chi connectivity index (χ4v) is 1.10. The van der Waals surface area contributed by atoms with E-state index >= 15 is 0 Å². The Morgan fingerprint density at radius 1 is 1.23 bits per heavy atom. The predicted octanol–water partition coefficient (Wildman–Crippen LogP) is 3.51. The summed E-state index contributed by atoms with van der Waals surface area (Å²) in [7, 11) is 1.68. The fourth-order valence-electron chi connectivity index (χ4n) is 1.10. The summed E-state index contributed by atoms with van der Waals surface area (Å²) in [6.07, 6.45) is 6.68. The first-order valence-corrected chi connectivity index (χ1v) is 4.67. The van der Waals surface area contributed by atoms with Crippen LogP contribution in [0.2, 0.25) is 0 Å². The molecule has 0 fully saturated rings. The lowest BCUT2D eigenvalue weighted by Crippen LogP contribution is -1.81. The largest absolute Gasteiger partial charge is 0.497 e. The molecule has 0 amide bonds. The Kier molecular flexibility index (Phi) is 4.10. The molecule has 1 rings (SSSR count). The van der Waals surface area contributed by atoms with Crippen LogP contribution < -0.4 is 4.74 Å². The van der Waals surface area contributed by atoms with Crippen molar-refractivity contribution in [3.63, 3.8) is 0 Å². The van der Waals surface area contributed by atoms with Gasteiger partial charge in [0.1, 0.15) is 5.75 Å². The minimum atomic E-state index is 0.910. The van der Waals surface area contributed by atoms with Crippen LogP contribution in [0.5, 0.6) is 5.75 Å². The van der Waals surface area contributed by atoms with Crippen LogP contribution in [0.3, 0.4) is 0 Å². The molecule has 0 bridgehead atoms. The van der Waals surface area contributed by atoms with Crippen molar-refractivity contribution in [3.05, 3.63) is 35.9 Å². The van der Waals surface area contributed by atoms with Gasteiger partial charge in [-0.25, -0.2) is 0 Å². The van der Waals surface area contributed by atoms with Gasteiger partial charge in [-0.1, -0.05) is 37.6 Å². The Labute approximate surface area is 80.0 Å². The zero-order valence-electron chi connectivity index (χ0n) is 8.29. The fraction of sp³-hybridized carbons (Fsp3) is 0.333. The van der Waals surface area contributed by atoms with Gasteiger partial charge >= 0.3 is 0 Å². The Hall–Kier alpha value is -1.24. The van der Waals surface area contributed by atoms with Crippen LogP contribution in [0.1, 0.15) is 25.3 Å². The molecule has 0 aliphatic rings. The molecule has 0 aromatic heterocycles. The Bertz CT molecular complexity index is 259. The molecule has 0 aliphatic heterocycles. The summed E-state index contributed by atoms with van der Waals surface area (Å²) >= 11 is 0. The van der Waals surface area contributed by atoms with Gasteiger partial charge in [-0.15, -0.1) is 0 Å². The first-order valence-electron chi connectivity index (χ1n) is 4.67. The van der Waals surface area contributed by atoms with Crippen LogP contribution in [-0.4, -0.2) is 7.11 Å². The Morgan fingerprint density at radius 2 is 1.92 bits per heavy atom. The molecule has 0 saturated carbocycles. The predicted molar refractivity (Wildman–Crippen MR) is 56.9 cm³/mol. The molecule has 13 heavy (non-hydrogen) atoms. The van der Waals surface area contributed by atoms with E-state index in [4.69, 9.17) is 4.74 Å². The average molecular weight is 176 g/mol. The minimum absolute atomic E-state index is 0.910. The molecule has 70 valence electrons. The van der Waals surface area contributed by atoms with Gasteiger partial charge in [-0.3, -0.25) is 0 Å². The third-order valence-electron chi connectivity index (χ3n) is 1.88. The van der Waals surface area contributed by atoms with Crippen LogP contribution in [0.25, 0.3) is 6.08 Å². The van der Waals surface area contributed by atoms with E-state index in [0.717, 1.165) is 12.2 Å². The lowest BCUT2D eigenvalue weighted by Gasteiger charge is -1.98. The van der Waals surface area contributed by atoms with E-state index in [1.54, 1.807) is 7.11 Å². The topological polar surface area (TPSA) is 9.23 Å². The number of rotatable bonds is 4. The maximum atomic E-state index is 5.07. The number of allylic oxidation sites excluding steroid dienone is 1. The molecule has 0 unspecified atom stereocenters. The lowest BCUT2D eigenvalue weighted by molar-refractivity contribution is 0.415. The highest BCUT2D eigenvalue weighted by Gasteiger charge is 1.88. The van der Waals surface area contributed by atoms with E-state index in [1.165, 1.54) is 12.0 Å². The molecule has 1 nitrogen and oxygen atoms in total. The molecule has 0 aliphatic carbocycles. The maximum Gasteiger partial charge on any atom is 0.118 e. The Balaban J connectivity index is 2.58. The van der Waals surface area contributed by atoms with Gasteiger partial charge in [-0.05, 0) is 24.1 Å². The lowest BCUT2D eigenvalue weighted by atomic mass is 10.2. The average Bonchev–Trinajstić information content (AvgIpc) is 2.19. The van der Waals surface area contributed by atoms with Gasteiger partial charge in [0.2, 0.25) is 0 Å². The number of hydrogen-bond donors (Lipinski definition) is 0. The quantitative estimate of drug-likeness (QED) is 0.682. The van der Waals surface area contributed by atoms with E-state index in [-0.39, 0.29) is 0 Å². The van der Waals surface area contributed by atoms with E-state index in [2.05, 4.69) is 31.2 Å². The molecule has 1 aromatic carbocycles. The number of ether oxygens (including phenoxy) is 1. The van der Waals surface area contributed by atoms with E-state index in [1.807, 2.05) is 12.1 Å². The summed E-state index contributed by atoms with van der Waals surface area (Å²) in [6.45, 7) is 2.18. The van der Waals surface area contributed by atoms with Gasteiger partial charge < -0.3 is 4.74 Å². The SMILES string of the molecule is CCCC=Cc1ccc(OC)cc1. The van der Waals surface area contributed by atoms with Crippen molar-refractivity contribution >= 4 is 6.08 Å². The maximum absolute atomic E-state index is 5.07. The van der Waals surface area contributed by atoms with Crippen LogP contribution in [0.15, 0.2) is 30.3 Å². The number of unbranched alkanes of at least 4 members (excludes halogenated alkanes) is 1. The molecule has 0 radical (unpaired) electrons. The van der Waals surface area contributed by atoms with Crippen LogP contribution >= 0.6 is 0 Å². The molecule has 1 heteroatoms. The second kappa shape index (κ2) is 5.41. The third kappa shape index (κ3) is 3.32. The monoisotopic (exact) mass is 176 g/mol. The minimum Gasteiger partial charge on any atom is -0.497 e. The van der Waals surface area contributed by atoms with Gasteiger partial charge in [0.15, 0.2) is 0 Å². The van der Waals surface area contributed by atoms with Gasteiger partial charge in [0.05, 0.1) is 7.11 Å². The zero-order valence-corrected chi connectivity index (χ0v) is 8.29. The molecule has 0 N–H and O–H groups in total. The van der Waals surface area contributed by atoms with Crippen molar-refractivity contribution in [1.29, 1.82) is 0 Å². The summed E-state index contributed by atoms with van der Waals surface area (Å²) in [5.41, 5.74) is 1.23. The van der Waals surface area contributed by atoms with Crippen molar-refractivity contribution in [2.24, 2.45) is 0 Å². The molecular formula is C12H16O. The van der Waals surface area contributed by atoms with E-state index < -0.39 is 0 Å². The number of benzene rings is 1. The van der Waals surface area contributed by atoms with Crippen molar-refractivity contribution in [1.82, 2.24) is 0 Å². The van der Waals surface area contributed by atoms with Crippen molar-refractivity contribution < 1.29 is 4.74 Å².